The van der Waals surface area contributed by atoms with Gasteiger partial charge in [0.25, 0.3) is 0 Å². The number of carbonyl (C=O) groups is 3. The summed E-state index contributed by atoms with van der Waals surface area (Å²) in [6.45, 7) is 0.483. The second-order valence-corrected chi connectivity index (χ2v) is 7.64. The van der Waals surface area contributed by atoms with Crippen molar-refractivity contribution < 1.29 is 27.9 Å². The zero-order valence-corrected chi connectivity index (χ0v) is 17.6. The van der Waals surface area contributed by atoms with E-state index in [4.69, 9.17) is 4.42 Å². The van der Waals surface area contributed by atoms with Crippen LogP contribution in [0.1, 0.15) is 43.4 Å². The molecule has 2 amide bonds. The molecule has 0 radical (unpaired) electrons. The number of nitrogens with zero attached hydrogens (tertiary/aromatic N) is 2. The lowest BCUT2D eigenvalue weighted by Crippen LogP contribution is -2.43. The van der Waals surface area contributed by atoms with Gasteiger partial charge in [-0.3, -0.25) is 14.4 Å². The third-order valence-corrected chi connectivity index (χ3v) is 5.18. The Morgan fingerprint density at radius 1 is 1.06 bits per heavy atom. The van der Waals surface area contributed by atoms with Crippen molar-refractivity contribution in [2.24, 2.45) is 0 Å². The quantitative estimate of drug-likeness (QED) is 0.511. The van der Waals surface area contributed by atoms with Gasteiger partial charge in [-0.15, -0.1) is 0 Å². The molecular formula is C23H27FN2O5. The van der Waals surface area contributed by atoms with E-state index in [9.17, 15) is 18.8 Å². The molecule has 166 valence electrons. The molecule has 8 heteroatoms. The van der Waals surface area contributed by atoms with Crippen LogP contribution in [0.15, 0.2) is 47.1 Å². The monoisotopic (exact) mass is 430 g/mol. The standard InChI is InChI=1S/C23H27FN2O5/c1-30-23(29)6-2-5-21(27)26(19-11-12-19)16-22(28)25(15-20-4-3-13-31-20)14-17-7-9-18(24)10-8-17/h3-4,7-10,13,19H,2,5-6,11-12,14-16H2,1H3. The van der Waals surface area contributed by atoms with Gasteiger partial charge in [0.1, 0.15) is 18.1 Å². The van der Waals surface area contributed by atoms with E-state index in [2.05, 4.69) is 4.74 Å². The first-order valence-corrected chi connectivity index (χ1v) is 10.4. The Morgan fingerprint density at radius 2 is 1.81 bits per heavy atom. The molecule has 1 heterocycles. The van der Waals surface area contributed by atoms with Crippen LogP contribution < -0.4 is 0 Å². The third kappa shape index (κ3) is 6.94. The first kappa shape index (κ1) is 22.5. The average molecular weight is 430 g/mol. The number of carbonyl (C=O) groups excluding carboxylic acids is 3. The summed E-state index contributed by atoms with van der Waals surface area (Å²) in [5, 5.41) is 0. The van der Waals surface area contributed by atoms with Crippen LogP contribution in [-0.4, -0.2) is 47.3 Å². The minimum atomic E-state index is -0.356. The van der Waals surface area contributed by atoms with E-state index in [1.54, 1.807) is 34.1 Å². The third-order valence-electron chi connectivity index (χ3n) is 5.18. The number of methoxy groups -OCH3 is 1. The van der Waals surface area contributed by atoms with Crippen LogP contribution in [0.25, 0.3) is 0 Å². The lowest BCUT2D eigenvalue weighted by molar-refractivity contribution is -0.143. The number of hydrogen-bond acceptors (Lipinski definition) is 5. The van der Waals surface area contributed by atoms with E-state index < -0.39 is 0 Å². The van der Waals surface area contributed by atoms with Crippen LogP contribution in [0.3, 0.4) is 0 Å². The number of ether oxygens (including phenoxy) is 1. The van der Waals surface area contributed by atoms with E-state index in [-0.39, 0.29) is 62.1 Å². The van der Waals surface area contributed by atoms with Gasteiger partial charge in [-0.05, 0) is 49.1 Å². The maximum atomic E-state index is 13.3. The van der Waals surface area contributed by atoms with Gasteiger partial charge in [0.2, 0.25) is 11.8 Å². The highest BCUT2D eigenvalue weighted by atomic mass is 19.1. The topological polar surface area (TPSA) is 80.1 Å². The zero-order chi connectivity index (χ0) is 22.2. The summed E-state index contributed by atoms with van der Waals surface area (Å²) in [7, 11) is 1.31. The van der Waals surface area contributed by atoms with Crippen molar-refractivity contribution in [2.45, 2.75) is 51.2 Å². The Labute approximate surface area is 180 Å². The molecule has 0 unspecified atom stereocenters. The Morgan fingerprint density at radius 3 is 2.42 bits per heavy atom. The van der Waals surface area contributed by atoms with E-state index >= 15 is 0 Å². The molecule has 3 rings (SSSR count). The normalized spacial score (nSPS) is 13.0. The summed E-state index contributed by atoms with van der Waals surface area (Å²) < 4.78 is 23.2. The number of rotatable bonds is 11. The smallest absolute Gasteiger partial charge is 0.305 e. The van der Waals surface area contributed by atoms with Crippen molar-refractivity contribution in [1.29, 1.82) is 0 Å². The minimum absolute atomic E-state index is 0.0381. The van der Waals surface area contributed by atoms with Crippen LogP contribution in [0.4, 0.5) is 4.39 Å². The predicted molar refractivity (Wildman–Crippen MR) is 110 cm³/mol. The Kier molecular flexibility index (Phi) is 7.81. The van der Waals surface area contributed by atoms with Gasteiger partial charge in [-0.2, -0.15) is 0 Å². The highest BCUT2D eigenvalue weighted by molar-refractivity contribution is 5.85. The molecule has 0 saturated heterocycles. The number of hydrogen-bond donors (Lipinski definition) is 0. The maximum absolute atomic E-state index is 13.3. The van der Waals surface area contributed by atoms with Gasteiger partial charge in [-0.1, -0.05) is 12.1 Å². The van der Waals surface area contributed by atoms with Crippen LogP contribution in [0.5, 0.6) is 0 Å². The molecule has 0 N–H and O–H groups in total. The Hall–Kier alpha value is -3.16. The molecule has 0 atom stereocenters. The van der Waals surface area contributed by atoms with E-state index in [0.717, 1.165) is 18.4 Å². The van der Waals surface area contributed by atoms with Crippen molar-refractivity contribution >= 4 is 17.8 Å². The van der Waals surface area contributed by atoms with Crippen LogP contribution in [-0.2, 0) is 32.2 Å². The van der Waals surface area contributed by atoms with Crippen molar-refractivity contribution in [2.75, 3.05) is 13.7 Å². The molecule has 1 aliphatic carbocycles. The number of amides is 2. The van der Waals surface area contributed by atoms with E-state index in [1.807, 2.05) is 0 Å². The summed E-state index contributed by atoms with van der Waals surface area (Å²) in [4.78, 5) is 40.4. The summed E-state index contributed by atoms with van der Waals surface area (Å²) in [6, 6.07) is 9.56. The van der Waals surface area contributed by atoms with Gasteiger partial charge >= 0.3 is 5.97 Å². The van der Waals surface area contributed by atoms with Crippen LogP contribution >= 0.6 is 0 Å². The average Bonchev–Trinajstić information content (AvgIpc) is 3.48. The molecule has 0 bridgehead atoms. The summed E-state index contributed by atoms with van der Waals surface area (Å²) in [5.74, 6) is -0.429. The largest absolute Gasteiger partial charge is 0.469 e. The second-order valence-electron chi connectivity index (χ2n) is 7.64. The minimum Gasteiger partial charge on any atom is -0.469 e. The first-order valence-electron chi connectivity index (χ1n) is 10.4. The van der Waals surface area contributed by atoms with Crippen molar-refractivity contribution in [3.63, 3.8) is 0 Å². The molecule has 1 aromatic heterocycles. The van der Waals surface area contributed by atoms with Gasteiger partial charge in [0.15, 0.2) is 0 Å². The molecule has 1 aromatic carbocycles. The van der Waals surface area contributed by atoms with E-state index in [1.165, 1.54) is 25.5 Å². The molecule has 0 spiro atoms. The van der Waals surface area contributed by atoms with Crippen molar-refractivity contribution in [3.05, 3.63) is 59.8 Å². The predicted octanol–water partition coefficient (Wildman–Crippen LogP) is 3.28. The summed E-state index contributed by atoms with van der Waals surface area (Å²) >= 11 is 0. The fourth-order valence-electron chi connectivity index (χ4n) is 3.32. The van der Waals surface area contributed by atoms with Gasteiger partial charge in [0.05, 0.1) is 19.9 Å². The zero-order valence-electron chi connectivity index (χ0n) is 17.6. The number of halogens is 1. The van der Waals surface area contributed by atoms with Gasteiger partial charge in [0, 0.05) is 25.4 Å². The SMILES string of the molecule is COC(=O)CCCC(=O)N(CC(=O)N(Cc1ccc(F)cc1)Cc1ccco1)C1CC1. The Balaban J connectivity index is 1.65. The molecule has 1 aliphatic rings. The fourth-order valence-corrected chi connectivity index (χ4v) is 3.32. The van der Waals surface area contributed by atoms with Crippen LogP contribution in [0, 0.1) is 5.82 Å². The fraction of sp³-hybridized carbons (Fsp3) is 0.435. The highest BCUT2D eigenvalue weighted by Gasteiger charge is 2.34. The maximum Gasteiger partial charge on any atom is 0.305 e. The molecule has 1 fully saturated rings. The van der Waals surface area contributed by atoms with Crippen molar-refractivity contribution in [3.8, 4) is 0 Å². The molecular weight excluding hydrogens is 403 g/mol. The second kappa shape index (κ2) is 10.7. The lowest BCUT2D eigenvalue weighted by Gasteiger charge is -2.27. The van der Waals surface area contributed by atoms with E-state index in [0.29, 0.717) is 12.2 Å². The van der Waals surface area contributed by atoms with Gasteiger partial charge in [-0.25, -0.2) is 4.39 Å². The Bertz CT molecular complexity index is 878. The number of benzene rings is 1. The molecule has 7 nitrogen and oxygen atoms in total. The molecule has 31 heavy (non-hydrogen) atoms. The molecule has 0 aliphatic heterocycles. The summed E-state index contributed by atoms with van der Waals surface area (Å²) in [5.41, 5.74) is 0.781. The molecule has 1 saturated carbocycles. The van der Waals surface area contributed by atoms with Crippen molar-refractivity contribution in [1.82, 2.24) is 9.80 Å². The number of esters is 1. The van der Waals surface area contributed by atoms with Gasteiger partial charge < -0.3 is 19.0 Å². The summed E-state index contributed by atoms with van der Waals surface area (Å²) in [6.07, 6.45) is 4.02. The molecule has 2 aromatic rings. The number of furan rings is 1. The first-order chi connectivity index (χ1) is 15.0. The van der Waals surface area contributed by atoms with Crippen LogP contribution in [0.2, 0.25) is 0 Å². The lowest BCUT2D eigenvalue weighted by atomic mass is 10.2. The highest BCUT2D eigenvalue weighted by Crippen LogP contribution is 2.28.